The first kappa shape index (κ1) is 25.6. The van der Waals surface area contributed by atoms with Gasteiger partial charge in [0.15, 0.2) is 0 Å². The molecule has 2 N–H and O–H groups in total. The van der Waals surface area contributed by atoms with E-state index < -0.39 is 0 Å². The molecule has 1 amide bonds. The number of fused-ring (bicyclic) bond motifs is 1. The predicted molar refractivity (Wildman–Crippen MR) is 149 cm³/mol. The van der Waals surface area contributed by atoms with Gasteiger partial charge in [-0.25, -0.2) is 0 Å². The Labute approximate surface area is 224 Å². The van der Waals surface area contributed by atoms with E-state index in [2.05, 4.69) is 17.1 Å². The molecular weight excluding hydrogens is 474 g/mol. The zero-order valence-corrected chi connectivity index (χ0v) is 22.3. The van der Waals surface area contributed by atoms with E-state index in [0.717, 1.165) is 40.0 Å². The smallest absolute Gasteiger partial charge is 0.273 e. The minimum Gasteiger partial charge on any atom is -0.507 e. The van der Waals surface area contributed by atoms with Gasteiger partial charge in [0.1, 0.15) is 22.9 Å². The van der Waals surface area contributed by atoms with E-state index in [1.807, 2.05) is 79.4 Å². The lowest BCUT2D eigenvalue weighted by atomic mass is 9.93. The Morgan fingerprint density at radius 3 is 2.47 bits per heavy atom. The molecule has 1 atom stereocenters. The number of benzene rings is 3. The molecule has 6 heteroatoms. The topological polar surface area (TPSA) is 78.5 Å². The normalized spacial score (nSPS) is 14.7. The highest BCUT2D eigenvalue weighted by molar-refractivity contribution is 6.00. The van der Waals surface area contributed by atoms with Crippen molar-refractivity contribution in [3.63, 3.8) is 0 Å². The molecule has 1 unspecified atom stereocenters. The van der Waals surface area contributed by atoms with Gasteiger partial charge in [-0.3, -0.25) is 9.89 Å². The summed E-state index contributed by atoms with van der Waals surface area (Å²) >= 11 is 0. The molecule has 6 nitrogen and oxygen atoms in total. The number of carbonyl (C=O) groups is 1. The van der Waals surface area contributed by atoms with Gasteiger partial charge >= 0.3 is 0 Å². The number of amides is 1. The first-order chi connectivity index (χ1) is 18.5. The van der Waals surface area contributed by atoms with E-state index in [-0.39, 0.29) is 17.7 Å². The van der Waals surface area contributed by atoms with Crippen LogP contribution in [0, 0.1) is 13.8 Å². The van der Waals surface area contributed by atoms with Gasteiger partial charge in [0, 0.05) is 17.7 Å². The van der Waals surface area contributed by atoms with Crippen molar-refractivity contribution in [1.82, 2.24) is 15.1 Å². The lowest BCUT2D eigenvalue weighted by molar-refractivity contribution is 0.0730. The minimum atomic E-state index is -0.356. The van der Waals surface area contributed by atoms with Gasteiger partial charge in [-0.1, -0.05) is 74.7 Å². The van der Waals surface area contributed by atoms with Crippen molar-refractivity contribution < 1.29 is 14.6 Å². The molecule has 5 rings (SSSR count). The fourth-order valence-electron chi connectivity index (χ4n) is 5.40. The highest BCUT2D eigenvalue weighted by Gasteiger charge is 2.42. The van der Waals surface area contributed by atoms with E-state index in [9.17, 15) is 9.90 Å². The number of carbonyl (C=O) groups excluding carboxylic acids is 1. The molecule has 1 aromatic heterocycles. The summed E-state index contributed by atoms with van der Waals surface area (Å²) in [5.74, 6) is 0.883. The van der Waals surface area contributed by atoms with Crippen molar-refractivity contribution >= 4 is 5.91 Å². The van der Waals surface area contributed by atoms with Gasteiger partial charge in [-0.15, -0.1) is 0 Å². The summed E-state index contributed by atoms with van der Waals surface area (Å²) < 4.78 is 5.97. The van der Waals surface area contributed by atoms with Crippen molar-refractivity contribution in [2.75, 3.05) is 6.61 Å². The summed E-state index contributed by atoms with van der Waals surface area (Å²) in [5, 5.41) is 18.5. The van der Waals surface area contributed by atoms with Crippen LogP contribution in [0.3, 0.4) is 0 Å². The van der Waals surface area contributed by atoms with Gasteiger partial charge < -0.3 is 14.7 Å². The van der Waals surface area contributed by atoms with Crippen molar-refractivity contribution in [2.45, 2.75) is 59.0 Å². The van der Waals surface area contributed by atoms with Crippen LogP contribution in [-0.2, 0) is 6.54 Å². The third-order valence-electron chi connectivity index (χ3n) is 7.22. The number of hydrogen-bond donors (Lipinski definition) is 2. The number of unbranched alkanes of at least 4 members (excludes halogenated alkanes) is 3. The Morgan fingerprint density at radius 2 is 1.76 bits per heavy atom. The Morgan fingerprint density at radius 1 is 1.00 bits per heavy atom. The molecule has 2 heterocycles. The Kier molecular flexibility index (Phi) is 7.50. The number of hydrogen-bond acceptors (Lipinski definition) is 4. The second-order valence-corrected chi connectivity index (χ2v) is 10.1. The number of aromatic amines is 1. The average molecular weight is 510 g/mol. The maximum atomic E-state index is 13.7. The highest BCUT2D eigenvalue weighted by Crippen LogP contribution is 2.46. The largest absolute Gasteiger partial charge is 0.507 e. The Bertz CT molecular complexity index is 1390. The van der Waals surface area contributed by atoms with Gasteiger partial charge in [0.25, 0.3) is 5.91 Å². The lowest BCUT2D eigenvalue weighted by Gasteiger charge is -2.27. The molecule has 0 saturated heterocycles. The number of phenolic OH excluding ortho intramolecular Hbond substituents is 1. The third kappa shape index (κ3) is 5.03. The first-order valence-corrected chi connectivity index (χ1v) is 13.4. The second kappa shape index (κ2) is 11.1. The average Bonchev–Trinajstić information content (AvgIpc) is 3.43. The molecule has 0 bridgehead atoms. The van der Waals surface area contributed by atoms with E-state index >= 15 is 0 Å². The van der Waals surface area contributed by atoms with Gasteiger partial charge in [-0.2, -0.15) is 5.10 Å². The third-order valence-corrected chi connectivity index (χ3v) is 7.22. The predicted octanol–water partition coefficient (Wildman–Crippen LogP) is 7.10. The monoisotopic (exact) mass is 509 g/mol. The maximum Gasteiger partial charge on any atom is 0.273 e. The van der Waals surface area contributed by atoms with Crippen LogP contribution in [0.15, 0.2) is 66.7 Å². The molecule has 3 aromatic carbocycles. The fourth-order valence-corrected chi connectivity index (χ4v) is 5.40. The Hall–Kier alpha value is -4.06. The zero-order valence-electron chi connectivity index (χ0n) is 22.3. The van der Waals surface area contributed by atoms with Crippen LogP contribution in [0.1, 0.15) is 77.0 Å². The van der Waals surface area contributed by atoms with E-state index in [0.29, 0.717) is 30.1 Å². The van der Waals surface area contributed by atoms with Crippen LogP contribution in [0.2, 0.25) is 0 Å². The first-order valence-electron chi connectivity index (χ1n) is 13.4. The summed E-state index contributed by atoms with van der Waals surface area (Å²) in [6.45, 7) is 7.27. The molecule has 4 aromatic rings. The van der Waals surface area contributed by atoms with Crippen LogP contribution < -0.4 is 4.74 Å². The number of ether oxygens (including phenoxy) is 1. The van der Waals surface area contributed by atoms with Crippen molar-refractivity contribution in [3.05, 3.63) is 100 Å². The number of aromatic hydroxyl groups is 1. The van der Waals surface area contributed by atoms with Crippen LogP contribution in [0.5, 0.6) is 11.5 Å². The number of nitrogens with one attached hydrogen (secondary N) is 1. The highest BCUT2D eigenvalue weighted by atomic mass is 16.5. The molecular formula is C32H35N3O3. The van der Waals surface area contributed by atoms with E-state index in [1.54, 1.807) is 6.07 Å². The standard InChI is InChI=1S/C32H35N3O3/c1-4-5-6-10-17-38-25-15-13-24(14-16-25)31-28-29(27-22(3)18-21(2)19-26(27)36)33-34-30(28)32(37)35(31)20-23-11-8-7-9-12-23/h7-9,11-16,18-19,31,36H,4-6,10,17,20H2,1-3H3,(H,33,34). The SMILES string of the molecule is CCCCCCOc1ccc(C2c3c(-c4c(C)cc(C)cc4O)n[nH]c3C(=O)N2Cc2ccccc2)cc1. The summed E-state index contributed by atoms with van der Waals surface area (Å²) in [7, 11) is 0. The number of nitrogens with zero attached hydrogens (tertiary/aromatic N) is 2. The summed E-state index contributed by atoms with van der Waals surface area (Å²) in [6, 6.07) is 21.4. The molecule has 0 fully saturated rings. The summed E-state index contributed by atoms with van der Waals surface area (Å²) in [6.07, 6.45) is 4.63. The quantitative estimate of drug-likeness (QED) is 0.223. The van der Waals surface area contributed by atoms with Gasteiger partial charge in [0.2, 0.25) is 0 Å². The molecule has 0 saturated carbocycles. The second-order valence-electron chi connectivity index (χ2n) is 10.1. The number of H-pyrrole nitrogens is 1. The van der Waals surface area contributed by atoms with Crippen LogP contribution >= 0.6 is 0 Å². The van der Waals surface area contributed by atoms with Gasteiger partial charge in [0.05, 0.1) is 12.6 Å². The van der Waals surface area contributed by atoms with Crippen molar-refractivity contribution in [1.29, 1.82) is 0 Å². The summed E-state index contributed by atoms with van der Waals surface area (Å²) in [5.41, 5.74) is 6.43. The van der Waals surface area contributed by atoms with Crippen LogP contribution in [-0.4, -0.2) is 32.7 Å². The van der Waals surface area contributed by atoms with Crippen molar-refractivity contribution in [2.24, 2.45) is 0 Å². The molecule has 38 heavy (non-hydrogen) atoms. The maximum absolute atomic E-state index is 13.7. The fraction of sp³-hybridized carbons (Fsp3) is 0.312. The molecule has 196 valence electrons. The van der Waals surface area contributed by atoms with E-state index in [1.165, 1.54) is 19.3 Å². The molecule has 0 spiro atoms. The zero-order chi connectivity index (χ0) is 26.6. The molecule has 1 aliphatic heterocycles. The Balaban J connectivity index is 1.52. The van der Waals surface area contributed by atoms with Crippen molar-refractivity contribution in [3.8, 4) is 22.8 Å². The van der Waals surface area contributed by atoms with E-state index in [4.69, 9.17) is 4.74 Å². The number of aromatic nitrogens is 2. The summed E-state index contributed by atoms with van der Waals surface area (Å²) in [4.78, 5) is 15.6. The number of aryl methyl sites for hydroxylation is 2. The molecule has 0 aliphatic carbocycles. The van der Waals surface area contributed by atoms with Crippen LogP contribution in [0.4, 0.5) is 0 Å². The van der Waals surface area contributed by atoms with Gasteiger partial charge in [-0.05, 0) is 60.7 Å². The molecule has 1 aliphatic rings. The lowest BCUT2D eigenvalue weighted by Crippen LogP contribution is -2.29. The minimum absolute atomic E-state index is 0.104. The van der Waals surface area contributed by atoms with Crippen LogP contribution in [0.25, 0.3) is 11.3 Å². The number of rotatable bonds is 10. The number of phenols is 1. The molecule has 0 radical (unpaired) electrons.